The van der Waals surface area contributed by atoms with Crippen LogP contribution in [0.3, 0.4) is 0 Å². The maximum Gasteiger partial charge on any atom is 0.534 e. The minimum atomic E-state index is -5.81. The highest BCUT2D eigenvalue weighted by molar-refractivity contribution is 7.87. The highest BCUT2D eigenvalue weighted by Crippen LogP contribution is 2.41. The SMILES string of the molecule is COC(=O)Cc1ccc(C#Cc2ccc3c(c2)C(C)(C)CC=C3OS(=O)(=O)C(F)(F)F)cc1F. The first-order valence-corrected chi connectivity index (χ1v) is 11.4. The van der Waals surface area contributed by atoms with Crippen LogP contribution in [0.4, 0.5) is 17.6 Å². The molecule has 0 N–H and O–H groups in total. The zero-order chi connectivity index (χ0) is 25.3. The summed E-state index contributed by atoms with van der Waals surface area (Å²) >= 11 is 0. The fourth-order valence-electron chi connectivity index (χ4n) is 3.35. The lowest BCUT2D eigenvalue weighted by atomic mass is 9.75. The number of carbonyl (C=O) groups is 1. The van der Waals surface area contributed by atoms with Crippen LogP contribution in [0.25, 0.3) is 5.76 Å². The van der Waals surface area contributed by atoms with Crippen molar-refractivity contribution >= 4 is 21.8 Å². The predicted octanol–water partition coefficient (Wildman–Crippen LogP) is 4.83. The van der Waals surface area contributed by atoms with E-state index in [2.05, 4.69) is 20.8 Å². The maximum atomic E-state index is 14.2. The normalized spacial score (nSPS) is 14.9. The van der Waals surface area contributed by atoms with Crippen LogP contribution in [0.2, 0.25) is 0 Å². The van der Waals surface area contributed by atoms with Gasteiger partial charge in [-0.05, 0) is 59.4 Å². The summed E-state index contributed by atoms with van der Waals surface area (Å²) < 4.78 is 84.4. The highest BCUT2D eigenvalue weighted by atomic mass is 32.2. The minimum Gasteiger partial charge on any atom is -0.469 e. The standard InChI is InChI=1S/C24H20F4O5S/c1-23(2)11-10-21(33-34(30,31)24(26,27)28)18-9-7-15(12-19(18)23)4-5-16-6-8-17(20(25)13-16)14-22(29)32-3/h6-10,12-13H,11,14H2,1-3H3. The van der Waals surface area contributed by atoms with Crippen molar-refractivity contribution in [2.75, 3.05) is 7.11 Å². The Balaban J connectivity index is 1.91. The molecule has 1 aliphatic rings. The van der Waals surface area contributed by atoms with Crippen LogP contribution in [-0.4, -0.2) is 27.0 Å². The molecule has 0 unspecified atom stereocenters. The van der Waals surface area contributed by atoms with Gasteiger partial charge in [0.25, 0.3) is 0 Å². The Morgan fingerprint density at radius 1 is 1.09 bits per heavy atom. The molecule has 0 bridgehead atoms. The number of hydrogen-bond acceptors (Lipinski definition) is 5. The molecule has 0 spiro atoms. The van der Waals surface area contributed by atoms with E-state index in [1.54, 1.807) is 12.1 Å². The lowest BCUT2D eigenvalue weighted by Gasteiger charge is -2.31. The lowest BCUT2D eigenvalue weighted by molar-refractivity contribution is -0.139. The van der Waals surface area contributed by atoms with E-state index >= 15 is 0 Å². The van der Waals surface area contributed by atoms with Gasteiger partial charge in [-0.2, -0.15) is 21.6 Å². The predicted molar refractivity (Wildman–Crippen MR) is 116 cm³/mol. The van der Waals surface area contributed by atoms with Gasteiger partial charge in [-0.25, -0.2) is 4.39 Å². The number of carbonyl (C=O) groups excluding carboxylic acids is 1. The lowest BCUT2D eigenvalue weighted by Crippen LogP contribution is -2.27. The van der Waals surface area contributed by atoms with E-state index in [-0.39, 0.29) is 24.0 Å². The Morgan fingerprint density at radius 3 is 2.29 bits per heavy atom. The Morgan fingerprint density at radius 2 is 1.71 bits per heavy atom. The number of alkyl halides is 3. The summed E-state index contributed by atoms with van der Waals surface area (Å²) in [5.41, 5.74) is -4.28. The van der Waals surface area contributed by atoms with Gasteiger partial charge in [0, 0.05) is 16.7 Å². The summed E-state index contributed by atoms with van der Waals surface area (Å²) in [6.45, 7) is 3.70. The number of esters is 1. The molecule has 0 aromatic heterocycles. The molecule has 0 amide bonds. The van der Waals surface area contributed by atoms with Crippen molar-refractivity contribution in [2.45, 2.75) is 37.6 Å². The van der Waals surface area contributed by atoms with Gasteiger partial charge in [0.15, 0.2) is 0 Å². The minimum absolute atomic E-state index is 0.168. The topological polar surface area (TPSA) is 69.7 Å². The van der Waals surface area contributed by atoms with E-state index < -0.39 is 38.6 Å². The van der Waals surface area contributed by atoms with Crippen molar-refractivity contribution < 1.29 is 39.7 Å². The third kappa shape index (κ3) is 5.42. The van der Waals surface area contributed by atoms with Crippen molar-refractivity contribution in [3.8, 4) is 11.8 Å². The van der Waals surface area contributed by atoms with Gasteiger partial charge in [0.2, 0.25) is 0 Å². The quantitative estimate of drug-likeness (QED) is 0.199. The van der Waals surface area contributed by atoms with E-state index in [1.807, 2.05) is 13.8 Å². The molecule has 1 aliphatic carbocycles. The molecule has 0 heterocycles. The molecule has 0 saturated heterocycles. The van der Waals surface area contributed by atoms with Crippen LogP contribution in [-0.2, 0) is 35.7 Å². The van der Waals surface area contributed by atoms with Gasteiger partial charge < -0.3 is 8.92 Å². The van der Waals surface area contributed by atoms with Gasteiger partial charge in [-0.15, -0.1) is 0 Å². The molecule has 3 rings (SSSR count). The summed E-state index contributed by atoms with van der Waals surface area (Å²) in [6.07, 6.45) is 1.35. The second kappa shape index (κ2) is 9.14. The van der Waals surface area contributed by atoms with Crippen LogP contribution >= 0.6 is 0 Å². The number of hydrogen-bond donors (Lipinski definition) is 0. The van der Waals surface area contributed by atoms with Gasteiger partial charge in [-0.1, -0.05) is 31.8 Å². The summed E-state index contributed by atoms with van der Waals surface area (Å²) in [5.74, 6) is 4.09. The second-order valence-corrected chi connectivity index (χ2v) is 9.75. The van der Waals surface area contributed by atoms with E-state index in [4.69, 9.17) is 0 Å². The molecular weight excluding hydrogens is 476 g/mol. The van der Waals surface area contributed by atoms with Crippen LogP contribution < -0.4 is 0 Å². The number of allylic oxidation sites excluding steroid dienone is 1. The first-order valence-electron chi connectivity index (χ1n) is 9.96. The van der Waals surface area contributed by atoms with Gasteiger partial charge in [0.1, 0.15) is 11.6 Å². The molecular formula is C24H20F4O5S. The number of halogens is 4. The smallest absolute Gasteiger partial charge is 0.469 e. The number of rotatable bonds is 4. The van der Waals surface area contributed by atoms with Crippen molar-refractivity contribution in [1.82, 2.24) is 0 Å². The first-order chi connectivity index (χ1) is 15.7. The van der Waals surface area contributed by atoms with E-state index in [0.717, 1.165) is 0 Å². The molecule has 0 saturated carbocycles. The van der Waals surface area contributed by atoms with Gasteiger partial charge in [-0.3, -0.25) is 4.79 Å². The summed E-state index contributed by atoms with van der Waals surface area (Å²) in [6, 6.07) is 8.75. The fourth-order valence-corrected chi connectivity index (χ4v) is 3.84. The van der Waals surface area contributed by atoms with Crippen molar-refractivity contribution in [2.24, 2.45) is 0 Å². The molecule has 0 fully saturated rings. The highest BCUT2D eigenvalue weighted by Gasteiger charge is 2.49. The monoisotopic (exact) mass is 496 g/mol. The zero-order valence-corrected chi connectivity index (χ0v) is 19.2. The van der Waals surface area contributed by atoms with Crippen LogP contribution in [0.1, 0.15) is 48.1 Å². The van der Waals surface area contributed by atoms with E-state index in [9.17, 15) is 30.8 Å². The number of benzene rings is 2. The number of ether oxygens (including phenoxy) is 1. The van der Waals surface area contributed by atoms with Crippen LogP contribution in [0.15, 0.2) is 42.5 Å². The maximum absolute atomic E-state index is 14.2. The molecule has 180 valence electrons. The molecule has 0 atom stereocenters. The van der Waals surface area contributed by atoms with E-state index in [1.165, 1.54) is 37.5 Å². The largest absolute Gasteiger partial charge is 0.534 e. The summed E-state index contributed by atoms with van der Waals surface area (Å²) in [7, 11) is -4.60. The molecule has 0 aliphatic heterocycles. The summed E-state index contributed by atoms with van der Waals surface area (Å²) in [4.78, 5) is 11.3. The second-order valence-electron chi connectivity index (χ2n) is 8.21. The summed E-state index contributed by atoms with van der Waals surface area (Å²) in [5, 5.41) is 0. The average Bonchev–Trinajstić information content (AvgIpc) is 2.75. The Labute approximate surface area is 194 Å². The Bertz CT molecular complexity index is 1330. The third-order valence-electron chi connectivity index (χ3n) is 5.26. The van der Waals surface area contributed by atoms with E-state index in [0.29, 0.717) is 16.7 Å². The first kappa shape index (κ1) is 25.3. The third-order valence-corrected chi connectivity index (χ3v) is 6.23. The van der Waals surface area contributed by atoms with Crippen molar-refractivity contribution in [3.05, 3.63) is 76.1 Å². The molecule has 34 heavy (non-hydrogen) atoms. The van der Waals surface area contributed by atoms with Crippen LogP contribution in [0.5, 0.6) is 0 Å². The Kier molecular flexibility index (Phi) is 6.80. The van der Waals surface area contributed by atoms with Crippen LogP contribution in [0, 0.1) is 17.7 Å². The number of fused-ring (bicyclic) bond motifs is 1. The molecule has 2 aromatic rings. The zero-order valence-electron chi connectivity index (χ0n) is 18.4. The molecule has 2 aromatic carbocycles. The van der Waals surface area contributed by atoms with Crippen molar-refractivity contribution in [3.63, 3.8) is 0 Å². The molecule has 5 nitrogen and oxygen atoms in total. The Hall–Kier alpha value is -3.32. The average molecular weight is 496 g/mol. The fraction of sp³-hybridized carbons (Fsp3) is 0.292. The number of methoxy groups -OCH3 is 1. The molecule has 0 radical (unpaired) electrons. The van der Waals surface area contributed by atoms with Gasteiger partial charge in [0.05, 0.1) is 13.5 Å². The van der Waals surface area contributed by atoms with Crippen molar-refractivity contribution in [1.29, 1.82) is 0 Å². The van der Waals surface area contributed by atoms with Gasteiger partial charge >= 0.3 is 21.6 Å². The molecule has 10 heteroatoms.